The van der Waals surface area contributed by atoms with Crippen LogP contribution in [0.5, 0.6) is 0 Å². The summed E-state index contributed by atoms with van der Waals surface area (Å²) in [5.41, 5.74) is 0. The summed E-state index contributed by atoms with van der Waals surface area (Å²) in [6.07, 6.45) is -5.18. The Morgan fingerprint density at radius 2 is 1.86 bits per heavy atom. The summed E-state index contributed by atoms with van der Waals surface area (Å²) in [7, 11) is 0. The Hall–Kier alpha value is -0.820. The highest BCUT2D eigenvalue weighted by Gasteiger charge is 2.38. The molecule has 84 valence electrons. The molecule has 3 N–H and O–H groups in total. The number of aliphatic hydroxyl groups is 1. The molecule has 1 saturated heterocycles. The fraction of sp³-hybridized carbons (Fsp3) is 0.857. The van der Waals surface area contributed by atoms with Gasteiger partial charge in [0.1, 0.15) is 0 Å². The van der Waals surface area contributed by atoms with Crippen LogP contribution in [-0.2, 0) is 4.79 Å². The molecule has 4 nitrogen and oxygen atoms in total. The van der Waals surface area contributed by atoms with E-state index in [1.807, 2.05) is 6.92 Å². The van der Waals surface area contributed by atoms with Crippen molar-refractivity contribution in [3.05, 3.63) is 0 Å². The number of aliphatic hydroxyl groups excluding tert-OH is 1. The van der Waals surface area contributed by atoms with Crippen molar-refractivity contribution < 1.29 is 28.2 Å². The van der Waals surface area contributed by atoms with Crippen LogP contribution in [0.4, 0.5) is 13.2 Å². The minimum Gasteiger partial charge on any atom is -0.475 e. The molecule has 0 spiro atoms. The van der Waals surface area contributed by atoms with E-state index in [4.69, 9.17) is 15.0 Å². The van der Waals surface area contributed by atoms with Crippen molar-refractivity contribution in [1.82, 2.24) is 5.32 Å². The van der Waals surface area contributed by atoms with Crippen molar-refractivity contribution in [2.24, 2.45) is 5.92 Å². The van der Waals surface area contributed by atoms with Crippen molar-refractivity contribution in [2.75, 3.05) is 13.1 Å². The molecule has 1 heterocycles. The molecule has 1 fully saturated rings. The van der Waals surface area contributed by atoms with E-state index in [0.29, 0.717) is 5.92 Å². The second-order valence-electron chi connectivity index (χ2n) is 3.01. The number of rotatable bonds is 0. The predicted molar refractivity (Wildman–Crippen MR) is 41.7 cm³/mol. The maximum Gasteiger partial charge on any atom is 0.490 e. The first-order chi connectivity index (χ1) is 6.25. The second kappa shape index (κ2) is 5.16. The highest BCUT2D eigenvalue weighted by molar-refractivity contribution is 5.73. The number of hydrogen-bond donors (Lipinski definition) is 3. The van der Waals surface area contributed by atoms with E-state index in [2.05, 4.69) is 5.32 Å². The molecule has 0 radical (unpaired) electrons. The molecule has 0 aromatic carbocycles. The number of β-amino-alcohol motifs (C(OH)–C–C–N with tert-alkyl or cyclic N) is 1. The molecule has 1 aliphatic rings. The Labute approximate surface area is 78.7 Å². The van der Waals surface area contributed by atoms with E-state index in [1.54, 1.807) is 0 Å². The second-order valence-corrected chi connectivity index (χ2v) is 3.01. The first-order valence-electron chi connectivity index (χ1n) is 3.94. The van der Waals surface area contributed by atoms with Gasteiger partial charge in [0, 0.05) is 13.1 Å². The number of alkyl halides is 3. The average Bonchev–Trinajstić information content (AvgIpc) is 2.35. The summed E-state index contributed by atoms with van der Waals surface area (Å²) < 4.78 is 31.7. The van der Waals surface area contributed by atoms with Crippen LogP contribution in [-0.4, -0.2) is 41.6 Å². The lowest BCUT2D eigenvalue weighted by Crippen LogP contribution is -2.21. The normalized spacial score (nSPS) is 26.6. The molecule has 0 bridgehead atoms. The Bertz CT molecular complexity index is 187. The summed E-state index contributed by atoms with van der Waals surface area (Å²) >= 11 is 0. The van der Waals surface area contributed by atoms with Crippen LogP contribution in [0.3, 0.4) is 0 Å². The quantitative estimate of drug-likeness (QED) is 0.540. The first-order valence-corrected chi connectivity index (χ1v) is 3.94. The largest absolute Gasteiger partial charge is 0.490 e. The SMILES string of the molecule is C[C@@H]1CNC[C@H]1O.O=C(O)C(F)(F)F. The molecule has 1 aliphatic heterocycles. The smallest absolute Gasteiger partial charge is 0.475 e. The summed E-state index contributed by atoms with van der Waals surface area (Å²) in [6.45, 7) is 3.80. The maximum atomic E-state index is 10.6. The standard InChI is InChI=1S/C5H11NO.C2HF3O2/c1-4-2-6-3-5(4)7;3-2(4,5)1(6)7/h4-7H,2-3H2,1H3;(H,6,7)/t4-,5-;/m1./s1. The zero-order chi connectivity index (χ0) is 11.4. The molecule has 0 unspecified atom stereocenters. The van der Waals surface area contributed by atoms with Gasteiger partial charge in [-0.1, -0.05) is 6.92 Å². The third-order valence-electron chi connectivity index (χ3n) is 1.72. The molecule has 0 amide bonds. The summed E-state index contributed by atoms with van der Waals surface area (Å²) in [4.78, 5) is 8.90. The van der Waals surface area contributed by atoms with Crippen LogP contribution >= 0.6 is 0 Å². The average molecular weight is 215 g/mol. The van der Waals surface area contributed by atoms with Crippen LogP contribution < -0.4 is 5.32 Å². The van der Waals surface area contributed by atoms with Gasteiger partial charge in [-0.2, -0.15) is 13.2 Å². The van der Waals surface area contributed by atoms with Gasteiger partial charge in [-0.3, -0.25) is 0 Å². The van der Waals surface area contributed by atoms with E-state index in [9.17, 15) is 13.2 Å². The summed E-state index contributed by atoms with van der Waals surface area (Å²) in [5, 5.41) is 19.1. The number of hydrogen-bond acceptors (Lipinski definition) is 3. The lowest BCUT2D eigenvalue weighted by Gasteiger charge is -2.02. The fourth-order valence-corrected chi connectivity index (χ4v) is 0.796. The van der Waals surface area contributed by atoms with Crippen LogP contribution in [0.1, 0.15) is 6.92 Å². The minimum absolute atomic E-state index is 0.0972. The van der Waals surface area contributed by atoms with Crippen molar-refractivity contribution in [1.29, 1.82) is 0 Å². The fourth-order valence-electron chi connectivity index (χ4n) is 0.796. The van der Waals surface area contributed by atoms with Crippen molar-refractivity contribution in [3.63, 3.8) is 0 Å². The topological polar surface area (TPSA) is 69.6 Å². The van der Waals surface area contributed by atoms with Gasteiger partial charge >= 0.3 is 12.1 Å². The number of carboxylic acids is 1. The van der Waals surface area contributed by atoms with Crippen LogP contribution in [0, 0.1) is 5.92 Å². The van der Waals surface area contributed by atoms with Gasteiger partial charge in [-0.05, 0) is 5.92 Å². The molecule has 14 heavy (non-hydrogen) atoms. The van der Waals surface area contributed by atoms with E-state index in [0.717, 1.165) is 13.1 Å². The molecule has 0 aromatic rings. The molecule has 2 atom stereocenters. The van der Waals surface area contributed by atoms with Gasteiger partial charge < -0.3 is 15.5 Å². The Balaban J connectivity index is 0.000000241. The van der Waals surface area contributed by atoms with Crippen LogP contribution in [0.25, 0.3) is 0 Å². The zero-order valence-electron chi connectivity index (χ0n) is 7.51. The van der Waals surface area contributed by atoms with Gasteiger partial charge in [-0.15, -0.1) is 0 Å². The van der Waals surface area contributed by atoms with Gasteiger partial charge in [-0.25, -0.2) is 4.79 Å². The first kappa shape index (κ1) is 13.2. The lowest BCUT2D eigenvalue weighted by atomic mass is 10.1. The van der Waals surface area contributed by atoms with Gasteiger partial charge in [0.2, 0.25) is 0 Å². The highest BCUT2D eigenvalue weighted by Crippen LogP contribution is 2.13. The highest BCUT2D eigenvalue weighted by atomic mass is 19.4. The zero-order valence-corrected chi connectivity index (χ0v) is 7.51. The Kier molecular flexibility index (Phi) is 4.86. The number of carboxylic acid groups (broad SMARTS) is 1. The van der Waals surface area contributed by atoms with Crippen molar-refractivity contribution >= 4 is 5.97 Å². The Morgan fingerprint density at radius 3 is 1.93 bits per heavy atom. The molecule has 0 saturated carbocycles. The molecule has 7 heteroatoms. The molecule has 0 aromatic heterocycles. The molecular formula is C7H12F3NO3. The van der Waals surface area contributed by atoms with E-state index >= 15 is 0 Å². The van der Waals surface area contributed by atoms with E-state index in [-0.39, 0.29) is 6.10 Å². The van der Waals surface area contributed by atoms with Crippen LogP contribution in [0.15, 0.2) is 0 Å². The summed E-state index contributed by atoms with van der Waals surface area (Å²) in [5.74, 6) is -2.30. The minimum atomic E-state index is -5.08. The monoisotopic (exact) mass is 215 g/mol. The van der Waals surface area contributed by atoms with E-state index < -0.39 is 12.1 Å². The van der Waals surface area contributed by atoms with Gasteiger partial charge in [0.25, 0.3) is 0 Å². The Morgan fingerprint density at radius 1 is 1.43 bits per heavy atom. The van der Waals surface area contributed by atoms with E-state index in [1.165, 1.54) is 0 Å². The third kappa shape index (κ3) is 5.03. The van der Waals surface area contributed by atoms with Crippen molar-refractivity contribution in [3.8, 4) is 0 Å². The lowest BCUT2D eigenvalue weighted by molar-refractivity contribution is -0.192. The summed E-state index contributed by atoms with van der Waals surface area (Å²) in [6, 6.07) is 0. The predicted octanol–water partition coefficient (Wildman–Crippen LogP) is 0.220. The van der Waals surface area contributed by atoms with Gasteiger partial charge in [0.05, 0.1) is 6.10 Å². The number of nitrogens with one attached hydrogen (secondary N) is 1. The third-order valence-corrected chi connectivity index (χ3v) is 1.72. The molecule has 0 aliphatic carbocycles. The number of aliphatic carboxylic acids is 1. The van der Waals surface area contributed by atoms with Crippen LogP contribution in [0.2, 0.25) is 0 Å². The van der Waals surface area contributed by atoms with Gasteiger partial charge in [0.15, 0.2) is 0 Å². The number of carbonyl (C=O) groups is 1. The maximum absolute atomic E-state index is 10.6. The van der Waals surface area contributed by atoms with Crippen molar-refractivity contribution in [2.45, 2.75) is 19.2 Å². The molecular weight excluding hydrogens is 203 g/mol. The molecule has 1 rings (SSSR count). The number of halogens is 3.